The number of benzene rings is 2. The normalized spacial score (nSPS) is 11.4. The number of carbonyl (C=O) groups is 4. The molecule has 1 aromatic heterocycles. The molecule has 0 spiro atoms. The Bertz CT molecular complexity index is 1320. The van der Waals surface area contributed by atoms with Crippen LogP contribution in [0.5, 0.6) is 0 Å². The van der Waals surface area contributed by atoms with E-state index in [0.29, 0.717) is 10.8 Å². The van der Waals surface area contributed by atoms with Crippen molar-refractivity contribution >= 4 is 34.6 Å². The summed E-state index contributed by atoms with van der Waals surface area (Å²) in [6.45, 7) is 1.92. The molecule has 12 heteroatoms. The summed E-state index contributed by atoms with van der Waals surface area (Å²) in [4.78, 5) is 61.5. The lowest BCUT2D eigenvalue weighted by Crippen LogP contribution is -2.52. The van der Waals surface area contributed by atoms with Crippen LogP contribution >= 0.6 is 0 Å². The third-order valence-corrected chi connectivity index (χ3v) is 5.18. The zero-order valence-corrected chi connectivity index (χ0v) is 19.5. The average molecular weight is 495 g/mol. The number of fused-ring (bicyclic) bond motifs is 1. The molecule has 4 amide bonds. The van der Waals surface area contributed by atoms with Crippen LogP contribution < -0.4 is 27.5 Å². The van der Waals surface area contributed by atoms with Crippen molar-refractivity contribution in [2.45, 2.75) is 39.0 Å². The topological polar surface area (TPSA) is 175 Å². The molecule has 0 bridgehead atoms. The van der Waals surface area contributed by atoms with Gasteiger partial charge in [-0.25, -0.2) is 9.48 Å². The predicted molar refractivity (Wildman–Crippen MR) is 129 cm³/mol. The number of ether oxygens (including phenoxy) is 1. The van der Waals surface area contributed by atoms with Gasteiger partial charge >= 0.3 is 6.09 Å². The van der Waals surface area contributed by atoms with Crippen molar-refractivity contribution in [1.82, 2.24) is 25.9 Å². The van der Waals surface area contributed by atoms with Crippen molar-refractivity contribution < 1.29 is 23.9 Å². The summed E-state index contributed by atoms with van der Waals surface area (Å²) < 4.78 is 6.26. The van der Waals surface area contributed by atoms with Gasteiger partial charge in [-0.2, -0.15) is 5.10 Å². The number of nitrogens with two attached hydrogens (primary N) is 1. The molecule has 5 N–H and O–H groups in total. The molecule has 36 heavy (non-hydrogen) atoms. The Morgan fingerprint density at radius 2 is 1.67 bits per heavy atom. The zero-order valence-electron chi connectivity index (χ0n) is 19.5. The molecular weight excluding hydrogens is 468 g/mol. The van der Waals surface area contributed by atoms with Gasteiger partial charge in [-0.1, -0.05) is 48.5 Å². The Labute approximate surface area is 205 Å². The summed E-state index contributed by atoms with van der Waals surface area (Å²) in [6, 6.07) is 14.1. The lowest BCUT2D eigenvalue weighted by Gasteiger charge is -2.18. The van der Waals surface area contributed by atoms with Gasteiger partial charge in [0.15, 0.2) is 5.69 Å². The third kappa shape index (κ3) is 6.65. The summed E-state index contributed by atoms with van der Waals surface area (Å²) in [7, 11) is 0. The second-order valence-corrected chi connectivity index (χ2v) is 7.72. The van der Waals surface area contributed by atoms with E-state index in [9.17, 15) is 24.0 Å². The number of nitrogens with zero attached hydrogens (tertiary/aromatic N) is 2. The van der Waals surface area contributed by atoms with E-state index < -0.39 is 29.9 Å². The molecule has 0 saturated carbocycles. The van der Waals surface area contributed by atoms with Crippen molar-refractivity contribution in [3.63, 3.8) is 0 Å². The Hall–Kier alpha value is -4.74. The maximum absolute atomic E-state index is 12.8. The number of aryl methyl sites for hydroxylation is 1. The fraction of sp³-hybridized carbons (Fsp3) is 0.250. The van der Waals surface area contributed by atoms with Gasteiger partial charge < -0.3 is 15.8 Å². The molecule has 2 aromatic carbocycles. The Morgan fingerprint density at radius 3 is 2.33 bits per heavy atom. The average Bonchev–Trinajstić information content (AvgIpc) is 2.89. The molecule has 0 fully saturated rings. The number of rotatable bonds is 9. The van der Waals surface area contributed by atoms with Crippen LogP contribution in [0.25, 0.3) is 10.8 Å². The SMILES string of the molecule is CCn1nc(C(=O)NNC(=O)[C@H](CCC(N)=O)NC(=O)OCc2ccccc2)c2ccccc2c1=O. The minimum atomic E-state index is -1.23. The highest BCUT2D eigenvalue weighted by Crippen LogP contribution is 2.13. The number of carbonyl (C=O) groups excluding carboxylic acids is 4. The van der Waals surface area contributed by atoms with Gasteiger partial charge in [-0.15, -0.1) is 0 Å². The van der Waals surface area contributed by atoms with Gasteiger partial charge in [-0.3, -0.25) is 30.0 Å². The highest BCUT2D eigenvalue weighted by molar-refractivity contribution is 6.05. The van der Waals surface area contributed by atoms with Crippen molar-refractivity contribution in [3.8, 4) is 0 Å². The number of nitrogens with one attached hydrogen (secondary N) is 3. The first kappa shape index (κ1) is 25.9. The maximum Gasteiger partial charge on any atom is 0.408 e. The van der Waals surface area contributed by atoms with Crippen LogP contribution in [-0.2, 0) is 27.5 Å². The van der Waals surface area contributed by atoms with Gasteiger partial charge in [0.1, 0.15) is 12.6 Å². The lowest BCUT2D eigenvalue weighted by molar-refractivity contribution is -0.124. The highest BCUT2D eigenvalue weighted by Gasteiger charge is 2.24. The van der Waals surface area contributed by atoms with E-state index in [2.05, 4.69) is 21.3 Å². The zero-order chi connectivity index (χ0) is 26.1. The van der Waals surface area contributed by atoms with Crippen molar-refractivity contribution in [3.05, 3.63) is 76.2 Å². The summed E-state index contributed by atoms with van der Waals surface area (Å²) in [5, 5.41) is 7.07. The minimum absolute atomic E-state index is 0.0283. The second-order valence-electron chi connectivity index (χ2n) is 7.72. The first-order valence-corrected chi connectivity index (χ1v) is 11.2. The van der Waals surface area contributed by atoms with Crippen molar-refractivity contribution in [2.75, 3.05) is 0 Å². The second kappa shape index (κ2) is 12.1. The molecular formula is C24H26N6O6. The van der Waals surface area contributed by atoms with E-state index in [0.717, 1.165) is 10.2 Å². The number of amides is 4. The monoisotopic (exact) mass is 494 g/mol. The molecule has 12 nitrogen and oxygen atoms in total. The molecule has 0 radical (unpaired) electrons. The van der Waals surface area contributed by atoms with E-state index in [1.165, 1.54) is 0 Å². The summed E-state index contributed by atoms with van der Waals surface area (Å²) in [5.74, 6) is -2.26. The number of hydrogen-bond donors (Lipinski definition) is 4. The van der Waals surface area contributed by atoms with Crippen LogP contribution in [-0.4, -0.2) is 39.6 Å². The van der Waals surface area contributed by atoms with Crippen LogP contribution in [0.1, 0.15) is 35.8 Å². The van der Waals surface area contributed by atoms with E-state index in [-0.39, 0.29) is 37.2 Å². The quantitative estimate of drug-likeness (QED) is 0.317. The Kier molecular flexibility index (Phi) is 8.70. The molecule has 0 aliphatic heterocycles. The number of aromatic nitrogens is 2. The molecule has 3 rings (SSSR count). The predicted octanol–water partition coefficient (Wildman–Crippen LogP) is 0.738. The summed E-state index contributed by atoms with van der Waals surface area (Å²) in [6.07, 6.45) is -1.21. The fourth-order valence-corrected chi connectivity index (χ4v) is 3.34. The number of alkyl carbamates (subject to hydrolysis) is 1. The molecule has 3 aromatic rings. The molecule has 0 unspecified atom stereocenters. The first-order valence-electron chi connectivity index (χ1n) is 11.2. The van der Waals surface area contributed by atoms with Crippen molar-refractivity contribution in [2.24, 2.45) is 5.73 Å². The first-order chi connectivity index (χ1) is 17.3. The van der Waals surface area contributed by atoms with Crippen LogP contribution in [0.3, 0.4) is 0 Å². The Balaban J connectivity index is 1.68. The number of hydrazine groups is 1. The maximum atomic E-state index is 12.8. The standard InChI is InChI=1S/C24H26N6O6/c1-2-30-23(34)17-11-7-6-10-16(17)20(29-30)22(33)28-27-21(32)18(12-13-19(25)31)26-24(35)36-14-15-8-4-3-5-9-15/h3-11,18H,2,12-14H2,1H3,(H2,25,31)(H,26,35)(H,27,32)(H,28,33)/t18-/m0/s1. The summed E-state index contributed by atoms with van der Waals surface area (Å²) in [5.41, 5.74) is 9.95. The fourth-order valence-electron chi connectivity index (χ4n) is 3.34. The minimum Gasteiger partial charge on any atom is -0.445 e. The Morgan fingerprint density at radius 1 is 1.00 bits per heavy atom. The van der Waals surface area contributed by atoms with Gasteiger partial charge in [0.2, 0.25) is 5.91 Å². The number of hydrogen-bond acceptors (Lipinski definition) is 7. The van der Waals surface area contributed by atoms with E-state index in [1.807, 2.05) is 6.07 Å². The molecule has 1 heterocycles. The molecule has 0 aliphatic carbocycles. The van der Waals surface area contributed by atoms with E-state index >= 15 is 0 Å². The van der Waals surface area contributed by atoms with Gasteiger partial charge in [0.05, 0.1) is 5.39 Å². The van der Waals surface area contributed by atoms with E-state index in [4.69, 9.17) is 10.5 Å². The van der Waals surface area contributed by atoms with Crippen LogP contribution in [0.15, 0.2) is 59.4 Å². The molecule has 0 aliphatic rings. The lowest BCUT2D eigenvalue weighted by atomic mass is 10.1. The summed E-state index contributed by atoms with van der Waals surface area (Å²) >= 11 is 0. The van der Waals surface area contributed by atoms with Crippen LogP contribution in [0.4, 0.5) is 4.79 Å². The largest absolute Gasteiger partial charge is 0.445 e. The van der Waals surface area contributed by atoms with Crippen molar-refractivity contribution in [1.29, 1.82) is 0 Å². The van der Waals surface area contributed by atoms with Gasteiger partial charge in [0, 0.05) is 18.4 Å². The molecule has 0 saturated heterocycles. The van der Waals surface area contributed by atoms with Crippen LogP contribution in [0, 0.1) is 0 Å². The van der Waals surface area contributed by atoms with Gasteiger partial charge in [-0.05, 0) is 25.0 Å². The molecule has 1 atom stereocenters. The van der Waals surface area contributed by atoms with E-state index in [1.54, 1.807) is 55.5 Å². The smallest absolute Gasteiger partial charge is 0.408 e. The van der Waals surface area contributed by atoms with Crippen LogP contribution in [0.2, 0.25) is 0 Å². The van der Waals surface area contributed by atoms with Gasteiger partial charge in [0.25, 0.3) is 17.4 Å². The third-order valence-electron chi connectivity index (χ3n) is 5.18. The highest BCUT2D eigenvalue weighted by atomic mass is 16.5. The number of primary amides is 1. The molecule has 188 valence electrons.